The highest BCUT2D eigenvalue weighted by Crippen LogP contribution is 2.30. The van der Waals surface area contributed by atoms with E-state index in [-0.39, 0.29) is 5.91 Å². The van der Waals surface area contributed by atoms with Gasteiger partial charge in [0.2, 0.25) is 0 Å². The van der Waals surface area contributed by atoms with E-state index in [9.17, 15) is 4.79 Å². The van der Waals surface area contributed by atoms with Crippen LogP contribution in [-0.4, -0.2) is 57.7 Å². The van der Waals surface area contributed by atoms with E-state index in [4.69, 9.17) is 0 Å². The van der Waals surface area contributed by atoms with Crippen LogP contribution < -0.4 is 0 Å². The summed E-state index contributed by atoms with van der Waals surface area (Å²) in [5, 5.41) is 4.39. The fourth-order valence-corrected chi connectivity index (χ4v) is 3.41. The molecule has 0 bridgehead atoms. The van der Waals surface area contributed by atoms with Gasteiger partial charge in [0.1, 0.15) is 0 Å². The Hall–Kier alpha value is -2.21. The molecular weight excluding hydrogens is 290 g/mol. The van der Waals surface area contributed by atoms with Gasteiger partial charge in [-0.2, -0.15) is 5.10 Å². The van der Waals surface area contributed by atoms with Gasteiger partial charge in [-0.25, -0.2) is 0 Å². The van der Waals surface area contributed by atoms with E-state index in [1.807, 2.05) is 43.3 Å². The van der Waals surface area contributed by atoms with Gasteiger partial charge in [-0.15, -0.1) is 0 Å². The maximum absolute atomic E-state index is 12.9. The van der Waals surface area contributed by atoms with E-state index in [0.717, 1.165) is 25.9 Å². The number of nitrogens with zero attached hydrogens (tertiary/aromatic N) is 5. The Kier molecular flexibility index (Phi) is 4.43. The van der Waals surface area contributed by atoms with Gasteiger partial charge >= 0.3 is 0 Å². The summed E-state index contributed by atoms with van der Waals surface area (Å²) < 4.78 is 1.84. The molecule has 1 unspecified atom stereocenters. The second kappa shape index (κ2) is 6.50. The predicted molar refractivity (Wildman–Crippen MR) is 87.6 cm³/mol. The van der Waals surface area contributed by atoms with Crippen molar-refractivity contribution in [3.05, 3.63) is 48.5 Å². The molecule has 122 valence electrons. The van der Waals surface area contributed by atoms with Crippen LogP contribution in [0.15, 0.2) is 43.0 Å². The van der Waals surface area contributed by atoms with Crippen LogP contribution in [0.4, 0.5) is 0 Å². The average Bonchev–Trinajstić information content (AvgIpc) is 3.10. The number of carbonyl (C=O) groups excluding carboxylic acids is 1. The highest BCUT2D eigenvalue weighted by atomic mass is 16.2. The van der Waals surface area contributed by atoms with Crippen LogP contribution in [0.2, 0.25) is 0 Å². The van der Waals surface area contributed by atoms with Crippen LogP contribution in [0, 0.1) is 0 Å². The third kappa shape index (κ3) is 3.12. The molecule has 3 rings (SSSR count). The van der Waals surface area contributed by atoms with Crippen molar-refractivity contribution < 1.29 is 4.79 Å². The van der Waals surface area contributed by atoms with Gasteiger partial charge in [-0.1, -0.05) is 6.07 Å². The Morgan fingerprint density at radius 2 is 2.22 bits per heavy atom. The van der Waals surface area contributed by atoms with Gasteiger partial charge in [0, 0.05) is 52.0 Å². The van der Waals surface area contributed by atoms with Crippen molar-refractivity contribution in [1.29, 1.82) is 0 Å². The number of likely N-dealkylation sites (N-methyl/N-ethyl adjacent to an activating group) is 1. The minimum absolute atomic E-state index is 0.108. The second-order valence-electron chi connectivity index (χ2n) is 6.36. The van der Waals surface area contributed by atoms with Crippen molar-refractivity contribution in [1.82, 2.24) is 24.6 Å². The molecule has 1 amide bonds. The van der Waals surface area contributed by atoms with Gasteiger partial charge in [0.15, 0.2) is 5.54 Å². The molecule has 2 aromatic heterocycles. The zero-order valence-electron chi connectivity index (χ0n) is 13.7. The summed E-state index contributed by atoms with van der Waals surface area (Å²) in [4.78, 5) is 21.1. The maximum Gasteiger partial charge on any atom is 0.251 e. The zero-order valence-corrected chi connectivity index (χ0v) is 13.7. The molecule has 2 aromatic rings. The van der Waals surface area contributed by atoms with E-state index >= 15 is 0 Å². The van der Waals surface area contributed by atoms with Crippen molar-refractivity contribution in [2.24, 2.45) is 0 Å². The van der Waals surface area contributed by atoms with Gasteiger partial charge in [-0.05, 0) is 37.1 Å². The summed E-state index contributed by atoms with van der Waals surface area (Å²) in [6.07, 6.45) is 9.09. The van der Waals surface area contributed by atoms with Gasteiger partial charge in [0.05, 0.1) is 0 Å². The number of hydrogen-bond acceptors (Lipinski definition) is 4. The van der Waals surface area contributed by atoms with Crippen molar-refractivity contribution in [2.75, 3.05) is 27.2 Å². The van der Waals surface area contributed by atoms with Crippen molar-refractivity contribution >= 4 is 5.91 Å². The molecule has 6 heteroatoms. The molecule has 0 aromatic carbocycles. The molecule has 1 aliphatic rings. The quantitative estimate of drug-likeness (QED) is 0.855. The molecule has 0 saturated carbocycles. The summed E-state index contributed by atoms with van der Waals surface area (Å²) in [6.45, 7) is 2.46. The fraction of sp³-hybridized carbons (Fsp3) is 0.471. The minimum Gasteiger partial charge on any atom is -0.347 e. The third-order valence-electron chi connectivity index (χ3n) is 4.43. The number of hydrogen-bond donors (Lipinski definition) is 0. The normalized spacial score (nSPS) is 22.0. The number of pyridine rings is 1. The van der Waals surface area contributed by atoms with Crippen LogP contribution >= 0.6 is 0 Å². The highest BCUT2D eigenvalue weighted by molar-refractivity contribution is 5.84. The summed E-state index contributed by atoms with van der Waals surface area (Å²) in [5.74, 6) is 0.108. The largest absolute Gasteiger partial charge is 0.347 e. The molecule has 23 heavy (non-hydrogen) atoms. The molecular formula is C17H23N5O. The van der Waals surface area contributed by atoms with Crippen molar-refractivity contribution in [3.8, 4) is 0 Å². The van der Waals surface area contributed by atoms with Crippen molar-refractivity contribution in [2.45, 2.75) is 24.9 Å². The molecule has 0 spiro atoms. The van der Waals surface area contributed by atoms with Gasteiger partial charge in [-0.3, -0.25) is 19.4 Å². The molecule has 3 heterocycles. The van der Waals surface area contributed by atoms with Crippen LogP contribution in [-0.2, 0) is 16.9 Å². The van der Waals surface area contributed by atoms with E-state index in [2.05, 4.69) is 21.0 Å². The Balaban J connectivity index is 1.86. The molecule has 1 atom stereocenters. The average molecular weight is 313 g/mol. The number of aromatic nitrogens is 3. The first kappa shape index (κ1) is 15.7. The summed E-state index contributed by atoms with van der Waals surface area (Å²) in [7, 11) is 3.63. The molecule has 6 nitrogen and oxygen atoms in total. The third-order valence-corrected chi connectivity index (χ3v) is 4.43. The van der Waals surface area contributed by atoms with E-state index < -0.39 is 5.54 Å². The molecule has 0 radical (unpaired) electrons. The van der Waals surface area contributed by atoms with Gasteiger partial charge in [0.25, 0.3) is 5.91 Å². The number of carbonyl (C=O) groups is 1. The molecule has 1 fully saturated rings. The first-order chi connectivity index (χ1) is 11.1. The Morgan fingerprint density at radius 1 is 1.35 bits per heavy atom. The number of rotatable bonds is 4. The second-order valence-corrected chi connectivity index (χ2v) is 6.36. The van der Waals surface area contributed by atoms with Gasteiger partial charge < -0.3 is 4.90 Å². The lowest BCUT2D eigenvalue weighted by Crippen LogP contribution is -2.58. The van der Waals surface area contributed by atoms with Crippen LogP contribution in [0.1, 0.15) is 18.4 Å². The van der Waals surface area contributed by atoms with E-state index in [1.165, 1.54) is 5.56 Å². The lowest BCUT2D eigenvalue weighted by atomic mass is 9.87. The van der Waals surface area contributed by atoms with E-state index in [1.54, 1.807) is 17.3 Å². The lowest BCUT2D eigenvalue weighted by Gasteiger charge is -2.43. The number of piperidine rings is 1. The Bertz CT molecular complexity index is 640. The standard InChI is InChI=1S/C17H23N5O/c1-20(2)16(23)17(22-11-5-9-19-22)7-4-10-21(14-17)13-15-6-3-8-18-12-15/h3,5-6,8-9,11-12H,4,7,10,13-14H2,1-2H3. The smallest absolute Gasteiger partial charge is 0.251 e. The van der Waals surface area contributed by atoms with E-state index in [0.29, 0.717) is 6.54 Å². The lowest BCUT2D eigenvalue weighted by molar-refractivity contribution is -0.142. The maximum atomic E-state index is 12.9. The minimum atomic E-state index is -0.618. The zero-order chi connectivity index (χ0) is 16.3. The SMILES string of the molecule is CN(C)C(=O)C1(n2cccn2)CCCN(Cc2cccnc2)C1. The Labute approximate surface area is 136 Å². The number of likely N-dealkylation sites (tertiary alicyclic amines) is 1. The fourth-order valence-electron chi connectivity index (χ4n) is 3.41. The first-order valence-corrected chi connectivity index (χ1v) is 7.95. The van der Waals surface area contributed by atoms with Crippen molar-refractivity contribution in [3.63, 3.8) is 0 Å². The summed E-state index contributed by atoms with van der Waals surface area (Å²) in [5.41, 5.74) is 0.550. The molecule has 0 aliphatic carbocycles. The topological polar surface area (TPSA) is 54.3 Å². The highest BCUT2D eigenvalue weighted by Gasteiger charge is 2.45. The molecule has 1 aliphatic heterocycles. The summed E-state index contributed by atoms with van der Waals surface area (Å²) in [6, 6.07) is 5.90. The number of amides is 1. The Morgan fingerprint density at radius 3 is 2.87 bits per heavy atom. The predicted octanol–water partition coefficient (Wildman–Crippen LogP) is 1.36. The first-order valence-electron chi connectivity index (χ1n) is 7.95. The molecule has 1 saturated heterocycles. The monoisotopic (exact) mass is 313 g/mol. The summed E-state index contributed by atoms with van der Waals surface area (Å²) >= 11 is 0. The van der Waals surface area contributed by atoms with Crippen LogP contribution in [0.5, 0.6) is 0 Å². The van der Waals surface area contributed by atoms with Crippen LogP contribution in [0.3, 0.4) is 0 Å². The molecule has 0 N–H and O–H groups in total. The van der Waals surface area contributed by atoms with Crippen LogP contribution in [0.25, 0.3) is 0 Å².